The lowest BCUT2D eigenvalue weighted by Crippen LogP contribution is -2.22. The van der Waals surface area contributed by atoms with Gasteiger partial charge in [0.25, 0.3) is 0 Å². The van der Waals surface area contributed by atoms with Gasteiger partial charge in [0.05, 0.1) is 5.25 Å². The van der Waals surface area contributed by atoms with Crippen molar-refractivity contribution in [1.29, 1.82) is 0 Å². The van der Waals surface area contributed by atoms with E-state index in [1.54, 1.807) is 24.3 Å². The van der Waals surface area contributed by atoms with E-state index in [0.29, 0.717) is 20.8 Å². The van der Waals surface area contributed by atoms with E-state index in [0.717, 1.165) is 5.69 Å². The Morgan fingerprint density at radius 2 is 1.52 bits per heavy atom. The van der Waals surface area contributed by atoms with E-state index in [-0.39, 0.29) is 17.1 Å². The van der Waals surface area contributed by atoms with Crippen molar-refractivity contribution in [3.05, 3.63) is 54.1 Å². The molecule has 0 saturated carbocycles. The molecule has 1 aromatic heterocycles. The van der Waals surface area contributed by atoms with Crippen LogP contribution in [0.3, 0.4) is 0 Å². The number of aryl methyl sites for hydroxylation is 1. The molecule has 3 N–H and O–H groups in total. The van der Waals surface area contributed by atoms with Crippen LogP contribution in [0.1, 0.15) is 19.4 Å². The molecule has 29 heavy (non-hydrogen) atoms. The fourth-order valence-corrected chi connectivity index (χ4v) is 4.27. The van der Waals surface area contributed by atoms with Crippen LogP contribution in [0.5, 0.6) is 0 Å². The van der Waals surface area contributed by atoms with Gasteiger partial charge in [0.1, 0.15) is 0 Å². The predicted octanol–water partition coefficient (Wildman–Crippen LogP) is 4.67. The monoisotopic (exact) mass is 427 g/mol. The van der Waals surface area contributed by atoms with Gasteiger partial charge in [0.2, 0.25) is 16.9 Å². The van der Waals surface area contributed by atoms with Crippen LogP contribution in [0.15, 0.2) is 52.9 Å². The Kier molecular flexibility index (Phi) is 6.84. The molecule has 1 heterocycles. The molecule has 0 radical (unpaired) electrons. The molecule has 150 valence electrons. The molecule has 0 bridgehead atoms. The summed E-state index contributed by atoms with van der Waals surface area (Å²) in [6.45, 7) is 5.30. The maximum absolute atomic E-state index is 12.4. The van der Waals surface area contributed by atoms with Gasteiger partial charge in [-0.1, -0.05) is 40.8 Å². The number of hydrogen-bond donors (Lipinski definition) is 3. The van der Waals surface area contributed by atoms with Crippen molar-refractivity contribution in [1.82, 2.24) is 10.2 Å². The third-order valence-electron chi connectivity index (χ3n) is 3.83. The quantitative estimate of drug-likeness (QED) is 0.474. The number of benzene rings is 2. The third kappa shape index (κ3) is 6.30. The highest BCUT2D eigenvalue weighted by atomic mass is 32.2. The van der Waals surface area contributed by atoms with E-state index in [1.165, 1.54) is 35.6 Å². The van der Waals surface area contributed by atoms with Crippen molar-refractivity contribution < 1.29 is 9.59 Å². The van der Waals surface area contributed by atoms with E-state index in [2.05, 4.69) is 26.1 Å². The lowest BCUT2D eigenvalue weighted by atomic mass is 10.2. The zero-order valence-corrected chi connectivity index (χ0v) is 17.9. The number of thioether (sulfide) groups is 1. The molecule has 0 fully saturated rings. The van der Waals surface area contributed by atoms with Crippen molar-refractivity contribution in [2.75, 3.05) is 16.0 Å². The number of aromatic nitrogens is 2. The predicted molar refractivity (Wildman–Crippen MR) is 119 cm³/mol. The number of nitrogens with zero attached hydrogens (tertiary/aromatic N) is 2. The Hall–Kier alpha value is -2.91. The second-order valence-electron chi connectivity index (χ2n) is 6.37. The molecule has 2 amide bonds. The zero-order chi connectivity index (χ0) is 20.8. The minimum absolute atomic E-state index is 0.134. The summed E-state index contributed by atoms with van der Waals surface area (Å²) in [5, 5.41) is 17.4. The second-order valence-corrected chi connectivity index (χ2v) is 8.94. The molecule has 3 rings (SSSR count). The van der Waals surface area contributed by atoms with Gasteiger partial charge < -0.3 is 16.0 Å². The largest absolute Gasteiger partial charge is 0.330 e. The van der Waals surface area contributed by atoms with Gasteiger partial charge in [-0.05, 0) is 50.2 Å². The van der Waals surface area contributed by atoms with Crippen LogP contribution < -0.4 is 16.0 Å². The number of rotatable bonds is 7. The van der Waals surface area contributed by atoms with Crippen molar-refractivity contribution in [3.8, 4) is 0 Å². The number of hydrogen-bond acceptors (Lipinski definition) is 7. The summed E-state index contributed by atoms with van der Waals surface area (Å²) in [6.07, 6.45) is 0. The molecule has 2 aromatic carbocycles. The maximum Gasteiger partial charge on any atom is 0.237 e. The van der Waals surface area contributed by atoms with Crippen LogP contribution in [0.2, 0.25) is 0 Å². The van der Waals surface area contributed by atoms with Crippen LogP contribution in [0.25, 0.3) is 0 Å². The average Bonchev–Trinajstić information content (AvgIpc) is 3.11. The van der Waals surface area contributed by atoms with Crippen LogP contribution in [-0.4, -0.2) is 27.3 Å². The van der Waals surface area contributed by atoms with Crippen LogP contribution in [-0.2, 0) is 9.59 Å². The zero-order valence-electron chi connectivity index (χ0n) is 16.2. The van der Waals surface area contributed by atoms with E-state index < -0.39 is 0 Å². The molecule has 9 heteroatoms. The highest BCUT2D eigenvalue weighted by Crippen LogP contribution is 2.31. The van der Waals surface area contributed by atoms with Crippen LogP contribution >= 0.6 is 23.1 Å². The summed E-state index contributed by atoms with van der Waals surface area (Å²) < 4.78 is 0.711. The van der Waals surface area contributed by atoms with Gasteiger partial charge in [-0.15, -0.1) is 10.2 Å². The van der Waals surface area contributed by atoms with E-state index in [9.17, 15) is 9.59 Å². The molecule has 0 spiro atoms. The Balaban J connectivity index is 1.53. The highest BCUT2D eigenvalue weighted by molar-refractivity contribution is 8.02. The lowest BCUT2D eigenvalue weighted by Gasteiger charge is -2.11. The van der Waals surface area contributed by atoms with E-state index in [1.807, 2.05) is 38.1 Å². The molecule has 0 aliphatic rings. The van der Waals surface area contributed by atoms with Gasteiger partial charge in [-0.3, -0.25) is 9.59 Å². The van der Waals surface area contributed by atoms with Crippen molar-refractivity contribution in [3.63, 3.8) is 0 Å². The first-order valence-electron chi connectivity index (χ1n) is 8.91. The first-order chi connectivity index (χ1) is 13.9. The smallest absolute Gasteiger partial charge is 0.237 e. The minimum Gasteiger partial charge on any atom is -0.330 e. The van der Waals surface area contributed by atoms with E-state index in [4.69, 9.17) is 0 Å². The lowest BCUT2D eigenvalue weighted by molar-refractivity contribution is -0.115. The van der Waals surface area contributed by atoms with Gasteiger partial charge >= 0.3 is 0 Å². The van der Waals surface area contributed by atoms with E-state index >= 15 is 0 Å². The molecular weight excluding hydrogens is 406 g/mol. The van der Waals surface area contributed by atoms with Gasteiger partial charge in [0.15, 0.2) is 4.34 Å². The standard InChI is InChI=1S/C20H21N5O2S2/c1-12-4-6-17(7-5-12)23-19-24-25-20(29-19)28-13(2)18(27)22-16-10-8-15(9-11-16)21-14(3)26/h4-11,13H,1-3H3,(H,21,26)(H,22,27)(H,23,24). The van der Waals surface area contributed by atoms with Gasteiger partial charge in [-0.25, -0.2) is 0 Å². The number of amides is 2. The Morgan fingerprint density at radius 1 is 0.931 bits per heavy atom. The first kappa shape index (κ1) is 20.8. The normalized spacial score (nSPS) is 11.6. The Labute approximate surface area is 177 Å². The molecule has 0 aliphatic heterocycles. The molecule has 3 aromatic rings. The fraction of sp³-hybridized carbons (Fsp3) is 0.200. The summed E-state index contributed by atoms with van der Waals surface area (Å²) in [5.74, 6) is -0.273. The number of carbonyl (C=O) groups excluding carboxylic acids is 2. The van der Waals surface area contributed by atoms with Gasteiger partial charge in [-0.2, -0.15) is 0 Å². The van der Waals surface area contributed by atoms with Crippen molar-refractivity contribution in [2.24, 2.45) is 0 Å². The summed E-state index contributed by atoms with van der Waals surface area (Å²) in [5.41, 5.74) is 3.47. The Morgan fingerprint density at radius 3 is 2.14 bits per heavy atom. The SMILES string of the molecule is CC(=O)Nc1ccc(NC(=O)C(C)Sc2nnc(Nc3ccc(C)cc3)s2)cc1. The van der Waals surface area contributed by atoms with Crippen molar-refractivity contribution in [2.45, 2.75) is 30.4 Å². The number of carbonyl (C=O) groups is 2. The first-order valence-corrected chi connectivity index (χ1v) is 10.6. The number of anilines is 4. The molecule has 0 saturated heterocycles. The molecular formula is C20H21N5O2S2. The third-order valence-corrected chi connectivity index (χ3v) is 5.85. The minimum atomic E-state index is -0.342. The molecule has 1 atom stereocenters. The summed E-state index contributed by atoms with van der Waals surface area (Å²) in [4.78, 5) is 23.5. The van der Waals surface area contributed by atoms with Crippen LogP contribution in [0.4, 0.5) is 22.2 Å². The topological polar surface area (TPSA) is 96.0 Å². The highest BCUT2D eigenvalue weighted by Gasteiger charge is 2.17. The second kappa shape index (κ2) is 9.53. The fourth-order valence-electron chi connectivity index (χ4n) is 2.36. The Bertz CT molecular complexity index is 987. The maximum atomic E-state index is 12.4. The van der Waals surface area contributed by atoms with Crippen LogP contribution in [0, 0.1) is 6.92 Å². The molecule has 7 nitrogen and oxygen atoms in total. The van der Waals surface area contributed by atoms with Gasteiger partial charge in [0, 0.05) is 24.0 Å². The van der Waals surface area contributed by atoms with Crippen molar-refractivity contribution >= 4 is 57.1 Å². The molecule has 1 unspecified atom stereocenters. The number of nitrogens with one attached hydrogen (secondary N) is 3. The summed E-state index contributed by atoms with van der Waals surface area (Å²) >= 11 is 2.75. The average molecular weight is 428 g/mol. The molecule has 0 aliphatic carbocycles. The summed E-state index contributed by atoms with van der Waals surface area (Å²) in [7, 11) is 0. The summed E-state index contributed by atoms with van der Waals surface area (Å²) in [6, 6.07) is 15.0.